The molecule has 21 heavy (non-hydrogen) atoms. The lowest BCUT2D eigenvalue weighted by atomic mass is 10.1. The molecule has 1 aliphatic heterocycles. The number of halogens is 1. The van der Waals surface area contributed by atoms with E-state index in [9.17, 15) is 4.79 Å². The number of benzene rings is 1. The summed E-state index contributed by atoms with van der Waals surface area (Å²) in [4.78, 5) is 13.2. The fourth-order valence-corrected chi connectivity index (χ4v) is 3.35. The second-order valence-electron chi connectivity index (χ2n) is 4.51. The van der Waals surface area contributed by atoms with Gasteiger partial charge < -0.3 is 14.2 Å². The van der Waals surface area contributed by atoms with Crippen molar-refractivity contribution >= 4 is 33.0 Å². The van der Waals surface area contributed by atoms with Gasteiger partial charge in [0.2, 0.25) is 5.78 Å². The smallest absolute Gasteiger partial charge is 0.204 e. The summed E-state index contributed by atoms with van der Waals surface area (Å²) in [6.07, 6.45) is 0.831. The molecule has 110 valence electrons. The van der Waals surface area contributed by atoms with E-state index in [4.69, 9.17) is 14.2 Å². The van der Waals surface area contributed by atoms with Gasteiger partial charge in [-0.15, -0.1) is 11.3 Å². The van der Waals surface area contributed by atoms with Gasteiger partial charge >= 0.3 is 0 Å². The van der Waals surface area contributed by atoms with Crippen LogP contribution in [-0.4, -0.2) is 26.1 Å². The molecule has 0 bridgehead atoms. The van der Waals surface area contributed by atoms with Crippen molar-refractivity contribution in [1.29, 1.82) is 0 Å². The zero-order valence-electron chi connectivity index (χ0n) is 11.3. The highest BCUT2D eigenvalue weighted by molar-refractivity contribution is 9.10. The topological polar surface area (TPSA) is 44.8 Å². The number of ketones is 1. The van der Waals surface area contributed by atoms with Gasteiger partial charge in [-0.05, 0) is 28.1 Å². The highest BCUT2D eigenvalue weighted by atomic mass is 79.9. The van der Waals surface area contributed by atoms with E-state index in [1.165, 1.54) is 11.3 Å². The van der Waals surface area contributed by atoms with Crippen molar-refractivity contribution in [2.45, 2.75) is 6.42 Å². The largest absolute Gasteiger partial charge is 0.496 e. The van der Waals surface area contributed by atoms with Gasteiger partial charge in [-0.25, -0.2) is 0 Å². The molecule has 2 heterocycles. The van der Waals surface area contributed by atoms with Crippen molar-refractivity contribution in [2.75, 3.05) is 20.3 Å². The molecule has 0 unspecified atom stereocenters. The molecule has 0 radical (unpaired) electrons. The minimum atomic E-state index is -0.0641. The Morgan fingerprint density at radius 3 is 2.62 bits per heavy atom. The first-order valence-electron chi connectivity index (χ1n) is 6.45. The van der Waals surface area contributed by atoms with Gasteiger partial charge in [-0.1, -0.05) is 0 Å². The molecular formula is C15H13BrO4S. The first kappa shape index (κ1) is 14.4. The summed E-state index contributed by atoms with van der Waals surface area (Å²) < 4.78 is 17.1. The third-order valence-corrected chi connectivity index (χ3v) is 4.68. The summed E-state index contributed by atoms with van der Waals surface area (Å²) in [5.41, 5.74) is 0.559. The molecule has 0 aliphatic carbocycles. The van der Waals surface area contributed by atoms with Crippen LogP contribution in [-0.2, 0) is 0 Å². The van der Waals surface area contributed by atoms with Crippen LogP contribution in [0.25, 0.3) is 0 Å². The number of fused-ring (bicyclic) bond motifs is 1. The fraction of sp³-hybridized carbons (Fsp3) is 0.267. The van der Waals surface area contributed by atoms with E-state index < -0.39 is 0 Å². The normalized spacial score (nSPS) is 13.6. The number of rotatable bonds is 3. The lowest BCUT2D eigenvalue weighted by Gasteiger charge is -2.10. The van der Waals surface area contributed by atoms with Crippen LogP contribution in [0.15, 0.2) is 28.1 Å². The van der Waals surface area contributed by atoms with Crippen molar-refractivity contribution < 1.29 is 19.0 Å². The van der Waals surface area contributed by atoms with Crippen LogP contribution in [0.5, 0.6) is 17.2 Å². The predicted octanol–water partition coefficient (Wildman–Crippen LogP) is 3.91. The Labute approximate surface area is 134 Å². The van der Waals surface area contributed by atoms with Gasteiger partial charge in [0.1, 0.15) is 5.75 Å². The lowest BCUT2D eigenvalue weighted by molar-refractivity contribution is 0.104. The number of methoxy groups -OCH3 is 1. The second-order valence-corrected chi connectivity index (χ2v) is 6.27. The average molecular weight is 369 g/mol. The van der Waals surface area contributed by atoms with Crippen LogP contribution >= 0.6 is 27.3 Å². The highest BCUT2D eigenvalue weighted by Gasteiger charge is 2.20. The Balaban J connectivity index is 1.97. The molecule has 3 rings (SSSR count). The first-order valence-corrected chi connectivity index (χ1v) is 8.12. The maximum atomic E-state index is 12.6. The molecule has 0 spiro atoms. The van der Waals surface area contributed by atoms with Gasteiger partial charge in [-0.2, -0.15) is 0 Å². The Morgan fingerprint density at radius 2 is 1.95 bits per heavy atom. The van der Waals surface area contributed by atoms with Gasteiger partial charge in [0, 0.05) is 27.9 Å². The van der Waals surface area contributed by atoms with Crippen LogP contribution in [0.3, 0.4) is 0 Å². The first-order chi connectivity index (χ1) is 10.2. The summed E-state index contributed by atoms with van der Waals surface area (Å²) in [6, 6.07) is 5.26. The van der Waals surface area contributed by atoms with E-state index in [1.807, 2.05) is 5.38 Å². The van der Waals surface area contributed by atoms with Crippen molar-refractivity contribution in [3.8, 4) is 17.2 Å². The van der Waals surface area contributed by atoms with Crippen LogP contribution in [0.4, 0.5) is 0 Å². The standard InChI is InChI=1S/C15H13BrO4S/c1-18-9-5-14(21-8-9)15(17)10-6-12-13(7-11(10)16)20-4-2-3-19-12/h5-8H,2-4H2,1H3. The minimum absolute atomic E-state index is 0.0641. The number of hydrogen-bond acceptors (Lipinski definition) is 5. The van der Waals surface area contributed by atoms with E-state index in [1.54, 1.807) is 25.3 Å². The highest BCUT2D eigenvalue weighted by Crippen LogP contribution is 2.37. The average Bonchev–Trinajstić information content (AvgIpc) is 2.86. The lowest BCUT2D eigenvalue weighted by Crippen LogP contribution is -2.02. The zero-order valence-corrected chi connectivity index (χ0v) is 13.8. The Kier molecular flexibility index (Phi) is 4.17. The third kappa shape index (κ3) is 2.91. The summed E-state index contributed by atoms with van der Waals surface area (Å²) in [7, 11) is 1.58. The van der Waals surface area contributed by atoms with Crippen molar-refractivity contribution in [3.63, 3.8) is 0 Å². The molecule has 0 amide bonds. The Morgan fingerprint density at radius 1 is 1.24 bits per heavy atom. The number of carbonyl (C=O) groups excluding carboxylic acids is 1. The Bertz CT molecular complexity index is 680. The quantitative estimate of drug-likeness (QED) is 0.770. The van der Waals surface area contributed by atoms with Crippen LogP contribution < -0.4 is 14.2 Å². The van der Waals surface area contributed by atoms with Crippen molar-refractivity contribution in [2.24, 2.45) is 0 Å². The maximum Gasteiger partial charge on any atom is 0.204 e. The molecular weight excluding hydrogens is 356 g/mol. The zero-order chi connectivity index (χ0) is 14.8. The minimum Gasteiger partial charge on any atom is -0.496 e. The van der Waals surface area contributed by atoms with E-state index in [0.717, 1.165) is 6.42 Å². The number of thiophene rings is 1. The van der Waals surface area contributed by atoms with E-state index in [-0.39, 0.29) is 5.78 Å². The van der Waals surface area contributed by atoms with Crippen LogP contribution in [0.2, 0.25) is 0 Å². The number of carbonyl (C=O) groups is 1. The van der Waals surface area contributed by atoms with Crippen molar-refractivity contribution in [3.05, 3.63) is 38.5 Å². The van der Waals surface area contributed by atoms with Crippen LogP contribution in [0, 0.1) is 0 Å². The molecule has 2 aromatic rings. The van der Waals surface area contributed by atoms with Crippen LogP contribution in [0.1, 0.15) is 21.7 Å². The summed E-state index contributed by atoms with van der Waals surface area (Å²) in [6.45, 7) is 1.21. The molecule has 1 aliphatic rings. The van der Waals surface area contributed by atoms with E-state index in [2.05, 4.69) is 15.9 Å². The Hall–Kier alpha value is -1.53. The molecule has 4 nitrogen and oxygen atoms in total. The van der Waals surface area contributed by atoms with Gasteiger partial charge in [-0.3, -0.25) is 4.79 Å². The van der Waals surface area contributed by atoms with Gasteiger partial charge in [0.15, 0.2) is 11.5 Å². The van der Waals surface area contributed by atoms with Crippen molar-refractivity contribution in [1.82, 2.24) is 0 Å². The van der Waals surface area contributed by atoms with Gasteiger partial charge in [0.05, 0.1) is 25.2 Å². The molecule has 0 N–H and O–H groups in total. The van der Waals surface area contributed by atoms with E-state index >= 15 is 0 Å². The SMILES string of the molecule is COc1csc(C(=O)c2cc3c(cc2Br)OCCCO3)c1. The monoisotopic (exact) mass is 368 g/mol. The second kappa shape index (κ2) is 6.07. The number of hydrogen-bond donors (Lipinski definition) is 0. The molecule has 1 aromatic heterocycles. The van der Waals surface area contributed by atoms with Gasteiger partial charge in [0.25, 0.3) is 0 Å². The molecule has 6 heteroatoms. The molecule has 0 saturated heterocycles. The molecule has 0 fully saturated rings. The maximum absolute atomic E-state index is 12.6. The number of ether oxygens (including phenoxy) is 3. The third-order valence-electron chi connectivity index (χ3n) is 3.12. The summed E-state index contributed by atoms with van der Waals surface area (Å²) in [5, 5.41) is 1.81. The molecule has 0 atom stereocenters. The fourth-order valence-electron chi connectivity index (χ4n) is 2.04. The van der Waals surface area contributed by atoms with E-state index in [0.29, 0.717) is 45.4 Å². The summed E-state index contributed by atoms with van der Waals surface area (Å²) >= 11 is 4.80. The summed E-state index contributed by atoms with van der Waals surface area (Å²) in [5.74, 6) is 1.90. The molecule has 0 saturated carbocycles. The predicted molar refractivity (Wildman–Crippen MR) is 84.1 cm³/mol. The molecule has 1 aromatic carbocycles.